The third-order valence-electron chi connectivity index (χ3n) is 19.6. The molecule has 12 aromatic rings. The maximum atomic E-state index is 6.01. The van der Waals surface area contributed by atoms with E-state index in [1.165, 1.54) is 55.6 Å². The highest BCUT2D eigenvalue weighted by Crippen LogP contribution is 2.38. The van der Waals surface area contributed by atoms with Gasteiger partial charge in [0.2, 0.25) is 0 Å². The van der Waals surface area contributed by atoms with Crippen molar-refractivity contribution in [3.63, 3.8) is 0 Å². The molecule has 0 unspecified atom stereocenters. The summed E-state index contributed by atoms with van der Waals surface area (Å²) in [6, 6.07) is 12.2. The Balaban J connectivity index is 0.000000202. The number of anilines is 6. The van der Waals surface area contributed by atoms with Crippen LogP contribution < -0.4 is 34.4 Å². The highest BCUT2D eigenvalue weighted by atomic mass is 35.5. The van der Waals surface area contributed by atoms with Gasteiger partial charge in [0.05, 0.1) is 33.4 Å². The second kappa shape index (κ2) is 45.2. The second-order valence-corrected chi connectivity index (χ2v) is 33.4. The summed E-state index contributed by atoms with van der Waals surface area (Å²) in [5.74, 6) is 9.72. The van der Waals surface area contributed by atoms with Crippen LogP contribution in [0.1, 0.15) is 292 Å². The minimum atomic E-state index is 0.381. The Morgan fingerprint density at radius 2 is 0.533 bits per heavy atom. The first-order chi connectivity index (χ1) is 57.6. The molecule has 0 bridgehead atoms. The van der Waals surface area contributed by atoms with Crippen molar-refractivity contribution >= 4 is 87.1 Å². The lowest BCUT2D eigenvalue weighted by Gasteiger charge is -2.15. The van der Waals surface area contributed by atoms with E-state index in [-0.39, 0.29) is 0 Å². The number of hydrogen-bond donors (Lipinski definition) is 6. The van der Waals surface area contributed by atoms with E-state index in [1.54, 1.807) is 48.7 Å². The second-order valence-electron chi connectivity index (χ2n) is 31.9. The van der Waals surface area contributed by atoms with E-state index in [0.717, 1.165) is 88.4 Å². The van der Waals surface area contributed by atoms with Crippen molar-refractivity contribution in [2.75, 3.05) is 34.4 Å². The standard InChI is InChI=1S/2C17H22N4.C16H20N4S.2C16H20N4.C14H17ClN4/c2*1-10(2)15-9-20-16(11(3)4)7-13(15)6-14-8-19-12(5)21-17(14)18;1-9(2)12-7-19-13(10(3)4)6-14(12)21-15-8-18-11(5)20-16(15)17;2*1-5-14-7-12(15(9-19-14)10(2)3)6-13-8-18-11(4)20-16(13)17;1-8(2)12-7-18-13(15)5-10(12)4-11-6-17-9(3)19-14(11)16/h2*7-10H,3,6H2,1-2,4-5H3,(H2,18,19,21);6-9H,3H2,1-2,4-5H3,(H2,17,18,20);2*5,7-10H,1,6H2,2-4H3,(H2,17,18,20);5-8H,4H2,1-3H3,(H2,16,17,19). The van der Waals surface area contributed by atoms with Crippen molar-refractivity contribution in [2.45, 2.75) is 223 Å². The molecule has 0 fully saturated rings. The fourth-order valence-corrected chi connectivity index (χ4v) is 14.0. The lowest BCUT2D eigenvalue weighted by Crippen LogP contribution is -2.05. The maximum Gasteiger partial charge on any atom is 0.141 e. The molecule has 0 aromatic carbocycles. The van der Waals surface area contributed by atoms with Gasteiger partial charge < -0.3 is 34.4 Å². The number of allylic oxidation sites excluding steroid dienone is 3. The van der Waals surface area contributed by atoms with Gasteiger partial charge in [0.25, 0.3) is 0 Å². The summed E-state index contributed by atoms with van der Waals surface area (Å²) in [7, 11) is 0. The van der Waals surface area contributed by atoms with Gasteiger partial charge in [0.1, 0.15) is 75.0 Å². The van der Waals surface area contributed by atoms with E-state index in [4.69, 9.17) is 46.0 Å². The van der Waals surface area contributed by atoms with Crippen molar-refractivity contribution in [2.24, 2.45) is 0 Å². The quantitative estimate of drug-likeness (QED) is 0.0324. The van der Waals surface area contributed by atoms with Gasteiger partial charge in [-0.2, -0.15) is 0 Å². The molecule has 24 nitrogen and oxygen atoms in total. The molecule has 0 aliphatic carbocycles. The van der Waals surface area contributed by atoms with Crippen LogP contribution in [-0.2, 0) is 32.1 Å². The summed E-state index contributed by atoms with van der Waals surface area (Å²) in [5, 5.41) is 0.492. The van der Waals surface area contributed by atoms with E-state index in [2.05, 4.69) is 236 Å². The monoisotopic (exact) mass is 1680 g/mol. The van der Waals surface area contributed by atoms with E-state index < -0.39 is 0 Å². The number of hydrogen-bond acceptors (Lipinski definition) is 25. The van der Waals surface area contributed by atoms with Crippen LogP contribution in [0.3, 0.4) is 0 Å². The molecule has 0 radical (unpaired) electrons. The fourth-order valence-electron chi connectivity index (χ4n) is 12.7. The Labute approximate surface area is 730 Å². The van der Waals surface area contributed by atoms with Gasteiger partial charge in [-0.05, 0) is 224 Å². The Morgan fingerprint density at radius 1 is 0.295 bits per heavy atom. The van der Waals surface area contributed by atoms with Crippen LogP contribution in [0.4, 0.5) is 34.9 Å². The molecule has 0 atom stereocenters. The fraction of sp³-hybridized carbons (Fsp3) is 0.333. The molecule has 0 amide bonds. The van der Waals surface area contributed by atoms with E-state index >= 15 is 0 Å². The van der Waals surface area contributed by atoms with Crippen molar-refractivity contribution in [3.05, 3.63) is 301 Å². The molecular weight excluding hydrogens is 1560 g/mol. The molecule has 12 aromatic heterocycles. The van der Waals surface area contributed by atoms with Crippen LogP contribution >= 0.6 is 23.4 Å². The number of aromatic nitrogens is 18. The molecule has 122 heavy (non-hydrogen) atoms. The minimum absolute atomic E-state index is 0.381. The van der Waals surface area contributed by atoms with Crippen molar-refractivity contribution in [3.8, 4) is 0 Å². The van der Waals surface area contributed by atoms with Gasteiger partial charge in [-0.25, -0.2) is 64.8 Å². The third kappa shape index (κ3) is 28.3. The summed E-state index contributed by atoms with van der Waals surface area (Å²) in [4.78, 5) is 79.0. The number of nitrogens with two attached hydrogens (primary N) is 6. The van der Waals surface area contributed by atoms with Gasteiger partial charge in [0, 0.05) is 139 Å². The summed E-state index contributed by atoms with van der Waals surface area (Å²) >= 11 is 7.56. The molecule has 12 N–H and O–H groups in total. The third-order valence-corrected chi connectivity index (χ3v) is 20.9. The van der Waals surface area contributed by atoms with Crippen molar-refractivity contribution < 1.29 is 0 Å². The highest BCUT2D eigenvalue weighted by Gasteiger charge is 2.20. The van der Waals surface area contributed by atoms with Gasteiger partial charge in [-0.1, -0.05) is 139 Å². The number of pyridine rings is 6. The topological polar surface area (TPSA) is 388 Å². The maximum absolute atomic E-state index is 6.01. The highest BCUT2D eigenvalue weighted by molar-refractivity contribution is 7.99. The zero-order valence-corrected chi connectivity index (χ0v) is 76.5. The number of aryl methyl sites for hydroxylation is 6. The first kappa shape index (κ1) is 96.6. The number of nitrogens with zero attached hydrogens (tertiary/aromatic N) is 18. The molecule has 0 spiro atoms. The molecular formula is C96H121ClN24S. The molecule has 12 heterocycles. The zero-order chi connectivity index (χ0) is 90.1. The van der Waals surface area contributed by atoms with E-state index in [0.29, 0.717) is 143 Å². The van der Waals surface area contributed by atoms with E-state index in [1.807, 2.05) is 118 Å². The number of nitrogen functional groups attached to an aromatic ring is 6. The lowest BCUT2D eigenvalue weighted by atomic mass is 9.94. The SMILES string of the molecule is C=C(C)c1cc(Cc2cnc(C)nc2N)c(C(C)C)cn1.C=C(C)c1cc(Cc2cnc(C)nc2N)c(C(C)C)cn1.C=C(C)c1cc(Sc2cnc(C)nc2N)c(C(C)C)cn1.C=Cc1cc(Cc2cnc(C)nc2N)c(C(C)C)cn1.C=Cc1cc(Cc2cnc(C)nc2N)c(C(C)C)cn1.Cc1ncc(Cc2cc(Cl)ncc2C(C)C)c(N)n1. The number of halogens is 1. The molecule has 0 aliphatic heterocycles. The molecule has 26 heteroatoms. The summed E-state index contributed by atoms with van der Waals surface area (Å²) < 4.78 is 0. The summed E-state index contributed by atoms with van der Waals surface area (Å²) in [6.45, 7) is 62.1. The molecule has 638 valence electrons. The summed E-state index contributed by atoms with van der Waals surface area (Å²) in [5.41, 5.74) is 61.1. The molecule has 12 rings (SSSR count). The van der Waals surface area contributed by atoms with Gasteiger partial charge in [0.15, 0.2) is 0 Å². The number of rotatable bonds is 23. The Kier molecular flexibility index (Phi) is 35.8. The largest absolute Gasteiger partial charge is 0.383 e. The van der Waals surface area contributed by atoms with Crippen LogP contribution in [0.25, 0.3) is 28.9 Å². The Hall–Kier alpha value is -12.5. The van der Waals surface area contributed by atoms with Gasteiger partial charge >= 0.3 is 0 Å². The lowest BCUT2D eigenvalue weighted by molar-refractivity contribution is 0.830. The van der Waals surface area contributed by atoms with Crippen molar-refractivity contribution in [1.82, 2.24) is 89.7 Å². The minimum Gasteiger partial charge on any atom is -0.383 e. The average Bonchev–Trinajstić information content (AvgIpc) is 0.828. The predicted molar refractivity (Wildman–Crippen MR) is 505 cm³/mol. The van der Waals surface area contributed by atoms with Crippen LogP contribution in [0.5, 0.6) is 0 Å². The normalized spacial score (nSPS) is 10.9. The van der Waals surface area contributed by atoms with E-state index in [9.17, 15) is 0 Å². The molecule has 0 saturated heterocycles. The summed E-state index contributed by atoms with van der Waals surface area (Å²) in [6.07, 6.45) is 29.2. The van der Waals surface area contributed by atoms with Crippen LogP contribution in [0, 0.1) is 41.5 Å². The first-order valence-electron chi connectivity index (χ1n) is 40.6. The van der Waals surface area contributed by atoms with Crippen LogP contribution in [-0.4, -0.2) is 89.7 Å². The van der Waals surface area contributed by atoms with Crippen LogP contribution in [0.15, 0.2) is 153 Å². The predicted octanol–water partition coefficient (Wildman–Crippen LogP) is 20.5. The Morgan fingerprint density at radius 3 is 0.795 bits per heavy atom. The van der Waals surface area contributed by atoms with Crippen LogP contribution in [0.2, 0.25) is 5.15 Å². The Bertz CT molecular complexity index is 5280. The smallest absolute Gasteiger partial charge is 0.141 e. The zero-order valence-electron chi connectivity index (χ0n) is 74.9. The van der Waals surface area contributed by atoms with Crippen molar-refractivity contribution in [1.29, 1.82) is 0 Å². The molecule has 0 aliphatic rings. The molecule has 0 saturated carbocycles. The average molecular weight is 1680 g/mol. The van der Waals surface area contributed by atoms with Gasteiger partial charge in [-0.3, -0.25) is 24.9 Å². The first-order valence-corrected chi connectivity index (χ1v) is 41.8. The van der Waals surface area contributed by atoms with Gasteiger partial charge in [-0.15, -0.1) is 0 Å².